The fourth-order valence-electron chi connectivity index (χ4n) is 15.9. The fraction of sp³-hybridized carbons (Fsp3) is 0.942. The number of fused-ring (bicyclic) bond motifs is 3. The van der Waals surface area contributed by atoms with Gasteiger partial charge in [0, 0.05) is 25.0 Å². The molecule has 26 heteroatoms. The van der Waals surface area contributed by atoms with E-state index in [1.54, 1.807) is 6.92 Å². The van der Waals surface area contributed by atoms with E-state index in [0.717, 1.165) is 12.0 Å². The first kappa shape index (κ1) is 60.8. The molecular formula is C52H84O26. The van der Waals surface area contributed by atoms with Gasteiger partial charge >= 0.3 is 5.97 Å². The Morgan fingerprint density at radius 1 is 0.526 bits per heavy atom. The van der Waals surface area contributed by atoms with Crippen LogP contribution in [0.3, 0.4) is 0 Å². The lowest BCUT2D eigenvalue weighted by Crippen LogP contribution is -2.67. The molecule has 3 heterocycles. The zero-order valence-corrected chi connectivity index (χ0v) is 43.9. The van der Waals surface area contributed by atoms with Crippen molar-refractivity contribution in [3.8, 4) is 0 Å². The summed E-state index contributed by atoms with van der Waals surface area (Å²) in [4.78, 5) is 15.2. The Morgan fingerprint density at radius 2 is 1.04 bits per heavy atom. The highest BCUT2D eigenvalue weighted by molar-refractivity contribution is 5.77. The SMILES string of the molecule is C=C1C[C@@]23CCC4[C@](C)(C(=O)OC5OC(CO)C(O)C(OC6CC(CO)C(O)C(O)C6O)C5OC5OC(CO)C(O)C(O)C5O)CCC[C@@]4(C)[C@@H]2CCC1(OC1OC(CO)C(O)C(OC2CC(CO)C(O)C(O)C2O)C1O)C3. The molecule has 9 aliphatic rings. The van der Waals surface area contributed by atoms with Crippen molar-refractivity contribution in [2.24, 2.45) is 39.9 Å². The average molecular weight is 1130 g/mol. The smallest absolute Gasteiger partial charge is 0.314 e. The number of hydrogen-bond donors (Lipinski definition) is 17. The van der Waals surface area contributed by atoms with E-state index in [-0.39, 0.29) is 24.7 Å². The van der Waals surface area contributed by atoms with Gasteiger partial charge in [0.2, 0.25) is 6.29 Å². The maximum Gasteiger partial charge on any atom is 0.314 e. The largest absolute Gasteiger partial charge is 0.432 e. The van der Waals surface area contributed by atoms with Crippen LogP contribution in [-0.2, 0) is 42.7 Å². The van der Waals surface area contributed by atoms with Crippen LogP contribution in [0, 0.1) is 39.9 Å². The monoisotopic (exact) mass is 1120 g/mol. The van der Waals surface area contributed by atoms with E-state index in [9.17, 15) is 86.8 Å². The fourth-order valence-corrected chi connectivity index (χ4v) is 15.9. The molecule has 0 amide bonds. The molecule has 1 spiro atoms. The van der Waals surface area contributed by atoms with Crippen LogP contribution in [0.4, 0.5) is 0 Å². The summed E-state index contributed by atoms with van der Waals surface area (Å²) in [6, 6.07) is 0. The Morgan fingerprint density at radius 3 is 1.62 bits per heavy atom. The highest BCUT2D eigenvalue weighted by Gasteiger charge is 2.70. The lowest BCUT2D eigenvalue weighted by Gasteiger charge is -2.64. The van der Waals surface area contributed by atoms with Gasteiger partial charge in [-0.3, -0.25) is 4.79 Å². The van der Waals surface area contributed by atoms with E-state index in [1.807, 2.05) is 0 Å². The molecule has 0 aromatic carbocycles. The Labute approximate surface area is 450 Å². The average Bonchev–Trinajstić information content (AvgIpc) is 3.88. The minimum absolute atomic E-state index is 0.0140. The first-order valence-corrected chi connectivity index (χ1v) is 27.6. The number of ether oxygens (including phenoxy) is 8. The molecule has 6 saturated carbocycles. The van der Waals surface area contributed by atoms with E-state index in [2.05, 4.69) is 13.5 Å². The van der Waals surface area contributed by atoms with Gasteiger partial charge in [0.1, 0.15) is 91.6 Å². The molecule has 0 aromatic heterocycles. The third kappa shape index (κ3) is 10.3. The summed E-state index contributed by atoms with van der Waals surface area (Å²) in [6.45, 7) is 4.87. The number of hydrogen-bond acceptors (Lipinski definition) is 26. The maximum absolute atomic E-state index is 15.2. The Bertz CT molecular complexity index is 2070. The summed E-state index contributed by atoms with van der Waals surface area (Å²) in [6.07, 6.45) is -33.9. The molecule has 3 aliphatic heterocycles. The molecule has 31 atom stereocenters. The van der Waals surface area contributed by atoms with Gasteiger partial charge in [-0.05, 0) is 99.4 Å². The minimum Gasteiger partial charge on any atom is -0.432 e. The molecule has 2 bridgehead atoms. The second kappa shape index (κ2) is 23.4. The van der Waals surface area contributed by atoms with Crippen molar-refractivity contribution in [3.05, 3.63) is 12.2 Å². The summed E-state index contributed by atoms with van der Waals surface area (Å²) < 4.78 is 49.4. The van der Waals surface area contributed by atoms with Crippen molar-refractivity contribution >= 4 is 5.97 Å². The molecule has 9 rings (SSSR count). The van der Waals surface area contributed by atoms with Crippen LogP contribution in [0.1, 0.15) is 84.5 Å². The van der Waals surface area contributed by atoms with Crippen LogP contribution < -0.4 is 0 Å². The number of aliphatic hydroxyl groups is 17. The van der Waals surface area contributed by atoms with E-state index < -0.39 is 214 Å². The van der Waals surface area contributed by atoms with E-state index >= 15 is 4.79 Å². The molecule has 6 aliphatic carbocycles. The van der Waals surface area contributed by atoms with Gasteiger partial charge < -0.3 is 125 Å². The van der Waals surface area contributed by atoms with Crippen LogP contribution >= 0.6 is 0 Å². The van der Waals surface area contributed by atoms with Gasteiger partial charge in [-0.25, -0.2) is 0 Å². The van der Waals surface area contributed by atoms with Crippen molar-refractivity contribution in [2.75, 3.05) is 33.0 Å². The number of rotatable bonds is 15. The third-order valence-electron chi connectivity index (χ3n) is 20.2. The van der Waals surface area contributed by atoms with Crippen molar-refractivity contribution in [3.63, 3.8) is 0 Å². The molecule has 448 valence electrons. The maximum atomic E-state index is 15.2. The normalized spacial score (nSPS) is 54.5. The Kier molecular flexibility index (Phi) is 18.2. The summed E-state index contributed by atoms with van der Waals surface area (Å²) in [5, 5.41) is 182. The molecule has 9 fully saturated rings. The minimum atomic E-state index is -2.01. The lowest BCUT2D eigenvalue weighted by atomic mass is 9.41. The van der Waals surface area contributed by atoms with Crippen LogP contribution in [0.15, 0.2) is 12.2 Å². The Hall–Kier alpha value is -1.75. The van der Waals surface area contributed by atoms with Gasteiger partial charge in [0.15, 0.2) is 18.7 Å². The lowest BCUT2D eigenvalue weighted by molar-refractivity contribution is -0.372. The topological polar surface area (TPSA) is 435 Å². The number of aliphatic hydroxyl groups excluding tert-OH is 17. The Balaban J connectivity index is 0.949. The highest BCUT2D eigenvalue weighted by Crippen LogP contribution is 2.74. The zero-order valence-electron chi connectivity index (χ0n) is 43.9. The number of carbonyl (C=O) groups excluding carboxylic acids is 1. The second-order valence-corrected chi connectivity index (χ2v) is 24.6. The van der Waals surface area contributed by atoms with Crippen LogP contribution in [0.2, 0.25) is 0 Å². The van der Waals surface area contributed by atoms with Crippen molar-refractivity contribution in [1.29, 1.82) is 0 Å². The standard InChI is InChI=1S/C52H84O26/c1-20-13-51-9-5-28-49(2,29(51)6-10-52(20,19-51)78-46-41(69)42(35(63)26(17-56)74-46)71-23-11-21(14-53)30(58)37(65)32(23)60)7-4-8-50(28,3)48(70)77-47-44(76-45-40(68)39(67)34(62)25(16-55)73-45)43(36(64)27(18-57)75-47)72-24-12-22(15-54)31(59)38(66)33(24)61/h21-47,53-69H,1,4-19H2,2-3H3/t21?,22?,23?,24?,25?,26?,27?,28?,29-,30?,31?,32?,33?,34?,35?,36?,37?,38?,39?,40?,41?,42?,43?,44?,45?,46?,47?,49+,50+,51+,52?/m0/s1. The predicted molar refractivity (Wildman–Crippen MR) is 258 cm³/mol. The summed E-state index contributed by atoms with van der Waals surface area (Å²) in [7, 11) is 0. The van der Waals surface area contributed by atoms with Gasteiger partial charge in [0.25, 0.3) is 0 Å². The van der Waals surface area contributed by atoms with Crippen LogP contribution in [0.5, 0.6) is 0 Å². The zero-order chi connectivity index (χ0) is 56.7. The quantitative estimate of drug-likeness (QED) is 0.0412. The van der Waals surface area contributed by atoms with Crippen molar-refractivity contribution in [2.45, 2.75) is 231 Å². The van der Waals surface area contributed by atoms with Gasteiger partial charge in [0.05, 0.1) is 55.3 Å². The molecular weight excluding hydrogens is 1040 g/mol. The first-order valence-electron chi connectivity index (χ1n) is 27.6. The molecule has 0 aromatic rings. The van der Waals surface area contributed by atoms with Gasteiger partial charge in [-0.1, -0.05) is 19.9 Å². The van der Waals surface area contributed by atoms with Crippen molar-refractivity contribution < 1.29 is 130 Å². The summed E-state index contributed by atoms with van der Waals surface area (Å²) in [5.74, 6) is -2.98. The number of esters is 1. The summed E-state index contributed by atoms with van der Waals surface area (Å²) >= 11 is 0. The molecule has 26 nitrogen and oxygen atoms in total. The van der Waals surface area contributed by atoms with E-state index in [1.165, 1.54) is 0 Å². The van der Waals surface area contributed by atoms with E-state index in [4.69, 9.17) is 37.9 Å². The summed E-state index contributed by atoms with van der Waals surface area (Å²) in [5.41, 5.74) is -2.46. The van der Waals surface area contributed by atoms with Gasteiger partial charge in [-0.2, -0.15) is 0 Å². The molecule has 27 unspecified atom stereocenters. The van der Waals surface area contributed by atoms with Crippen molar-refractivity contribution in [1.82, 2.24) is 0 Å². The molecule has 78 heavy (non-hydrogen) atoms. The molecule has 0 radical (unpaired) electrons. The predicted octanol–water partition coefficient (Wildman–Crippen LogP) is -5.96. The number of carbonyl (C=O) groups is 1. The van der Waals surface area contributed by atoms with Crippen LogP contribution in [-0.4, -0.2) is 272 Å². The first-order chi connectivity index (χ1) is 36.9. The molecule has 3 saturated heterocycles. The van der Waals surface area contributed by atoms with Gasteiger partial charge in [-0.15, -0.1) is 0 Å². The van der Waals surface area contributed by atoms with E-state index in [0.29, 0.717) is 51.4 Å². The van der Waals surface area contributed by atoms with Crippen LogP contribution in [0.25, 0.3) is 0 Å². The third-order valence-corrected chi connectivity index (χ3v) is 20.2. The molecule has 17 N–H and O–H groups in total. The second-order valence-electron chi connectivity index (χ2n) is 24.6. The highest BCUT2D eigenvalue weighted by atomic mass is 16.8.